The number of hydrogen-bond donors (Lipinski definition) is 0. The van der Waals surface area contributed by atoms with Crippen LogP contribution in [0.4, 0.5) is 0 Å². The predicted octanol–water partition coefficient (Wildman–Crippen LogP) is 5.49. The Kier molecular flexibility index (Phi) is 4.77. The predicted molar refractivity (Wildman–Crippen MR) is 86.2 cm³/mol. The third-order valence-corrected chi connectivity index (χ3v) is 5.44. The van der Waals surface area contributed by atoms with Gasteiger partial charge in [-0.1, -0.05) is 60.2 Å². The lowest BCUT2D eigenvalue weighted by Crippen LogP contribution is -2.18. The number of halogens is 1. The first-order valence-corrected chi connectivity index (χ1v) is 8.73. The zero-order valence-electron chi connectivity index (χ0n) is 11.9. The Morgan fingerprint density at radius 3 is 2.55 bits per heavy atom. The first-order chi connectivity index (χ1) is 9.83. The van der Waals surface area contributed by atoms with Crippen molar-refractivity contribution in [1.29, 1.82) is 0 Å². The molecule has 1 atom stereocenters. The molecule has 0 N–H and O–H groups in total. The molecule has 3 heteroatoms. The molecule has 2 nitrogen and oxygen atoms in total. The molecule has 1 aliphatic carbocycles. The quantitative estimate of drug-likeness (QED) is 0.692. The van der Waals surface area contributed by atoms with Crippen molar-refractivity contribution in [3.8, 4) is 0 Å². The van der Waals surface area contributed by atoms with E-state index in [2.05, 4.69) is 20.9 Å². The molecular weight excluding hydrogens is 314 g/mol. The highest BCUT2D eigenvalue weighted by molar-refractivity contribution is 9.09. The summed E-state index contributed by atoms with van der Waals surface area (Å²) in [5.41, 5.74) is 1.87. The summed E-state index contributed by atoms with van der Waals surface area (Å²) >= 11 is 3.89. The van der Waals surface area contributed by atoms with Crippen molar-refractivity contribution in [2.24, 2.45) is 5.92 Å². The van der Waals surface area contributed by atoms with E-state index in [9.17, 15) is 0 Å². The van der Waals surface area contributed by atoms with E-state index in [1.807, 2.05) is 24.3 Å². The zero-order chi connectivity index (χ0) is 13.8. The lowest BCUT2D eigenvalue weighted by molar-refractivity contribution is 0.360. The fourth-order valence-corrected chi connectivity index (χ4v) is 4.00. The van der Waals surface area contributed by atoms with E-state index in [1.54, 1.807) is 0 Å². The first-order valence-electron chi connectivity index (χ1n) is 7.81. The number of aromatic nitrogens is 1. The van der Waals surface area contributed by atoms with Gasteiger partial charge in [-0.3, -0.25) is 0 Å². The Bertz CT molecular complexity index is 510. The number of alkyl halides is 1. The van der Waals surface area contributed by atoms with Gasteiger partial charge in [-0.25, -0.2) is 4.98 Å². The van der Waals surface area contributed by atoms with Crippen LogP contribution < -0.4 is 0 Å². The molecule has 0 aliphatic heterocycles. The van der Waals surface area contributed by atoms with Crippen LogP contribution in [0.25, 0.3) is 11.1 Å². The van der Waals surface area contributed by atoms with Gasteiger partial charge in [-0.05, 0) is 30.9 Å². The molecular formula is C17H22BrNO. The van der Waals surface area contributed by atoms with Gasteiger partial charge in [0, 0.05) is 11.2 Å². The molecule has 1 saturated carbocycles. The van der Waals surface area contributed by atoms with Crippen molar-refractivity contribution in [3.63, 3.8) is 0 Å². The van der Waals surface area contributed by atoms with Gasteiger partial charge in [0.1, 0.15) is 5.52 Å². The maximum atomic E-state index is 5.84. The molecule has 1 unspecified atom stereocenters. The summed E-state index contributed by atoms with van der Waals surface area (Å²) in [5, 5.41) is 0. The van der Waals surface area contributed by atoms with E-state index in [-0.39, 0.29) is 0 Å². The monoisotopic (exact) mass is 335 g/mol. The van der Waals surface area contributed by atoms with Gasteiger partial charge < -0.3 is 4.42 Å². The Hall–Kier alpha value is -0.830. The van der Waals surface area contributed by atoms with Crippen LogP contribution in [0, 0.1) is 5.92 Å². The molecule has 1 heterocycles. The summed E-state index contributed by atoms with van der Waals surface area (Å²) in [5.74, 6) is 1.64. The standard InChI is InChI=1S/C17H22BrNO/c18-14(13-8-4-2-1-3-5-9-13)12-17-19-15-10-6-7-11-16(15)20-17/h6-7,10-11,13-14H,1-5,8-9,12H2. The Morgan fingerprint density at radius 2 is 1.80 bits per heavy atom. The summed E-state index contributed by atoms with van der Waals surface area (Å²) in [4.78, 5) is 5.09. The topological polar surface area (TPSA) is 26.0 Å². The minimum Gasteiger partial charge on any atom is -0.441 e. The van der Waals surface area contributed by atoms with Crippen molar-refractivity contribution >= 4 is 27.0 Å². The lowest BCUT2D eigenvalue weighted by atomic mass is 9.88. The van der Waals surface area contributed by atoms with Crippen LogP contribution in [0.15, 0.2) is 28.7 Å². The summed E-state index contributed by atoms with van der Waals surface area (Å²) in [6.45, 7) is 0. The lowest BCUT2D eigenvalue weighted by Gasteiger charge is -2.23. The third kappa shape index (κ3) is 3.43. The highest BCUT2D eigenvalue weighted by atomic mass is 79.9. The number of hydrogen-bond acceptors (Lipinski definition) is 2. The summed E-state index contributed by atoms with van der Waals surface area (Å²) < 4.78 is 5.84. The van der Waals surface area contributed by atoms with E-state index in [1.165, 1.54) is 44.9 Å². The van der Waals surface area contributed by atoms with Gasteiger partial charge in [0.25, 0.3) is 0 Å². The van der Waals surface area contributed by atoms with Crippen LogP contribution in [0.2, 0.25) is 0 Å². The molecule has 0 radical (unpaired) electrons. The van der Waals surface area contributed by atoms with Gasteiger partial charge in [0.05, 0.1) is 0 Å². The Balaban J connectivity index is 1.66. The van der Waals surface area contributed by atoms with Gasteiger partial charge in [0.15, 0.2) is 11.5 Å². The largest absolute Gasteiger partial charge is 0.441 e. The molecule has 20 heavy (non-hydrogen) atoms. The molecule has 0 amide bonds. The Morgan fingerprint density at radius 1 is 1.10 bits per heavy atom. The molecule has 1 aromatic heterocycles. The van der Waals surface area contributed by atoms with E-state index >= 15 is 0 Å². The van der Waals surface area contributed by atoms with Crippen LogP contribution in [-0.4, -0.2) is 9.81 Å². The van der Waals surface area contributed by atoms with Crippen LogP contribution in [-0.2, 0) is 6.42 Å². The second-order valence-electron chi connectivity index (χ2n) is 5.90. The second kappa shape index (κ2) is 6.75. The number of oxazole rings is 1. The van der Waals surface area contributed by atoms with Crippen molar-refractivity contribution in [1.82, 2.24) is 4.98 Å². The van der Waals surface area contributed by atoms with E-state index in [0.29, 0.717) is 4.83 Å². The van der Waals surface area contributed by atoms with Crippen LogP contribution in [0.5, 0.6) is 0 Å². The van der Waals surface area contributed by atoms with Crippen LogP contribution in [0.1, 0.15) is 50.8 Å². The minimum atomic E-state index is 0.494. The van der Waals surface area contributed by atoms with Crippen molar-refractivity contribution in [2.75, 3.05) is 0 Å². The average molecular weight is 336 g/mol. The fraction of sp³-hybridized carbons (Fsp3) is 0.588. The molecule has 0 bridgehead atoms. The van der Waals surface area contributed by atoms with Crippen molar-refractivity contribution < 1.29 is 4.42 Å². The number of benzene rings is 1. The molecule has 1 aliphatic rings. The van der Waals surface area contributed by atoms with Crippen LogP contribution >= 0.6 is 15.9 Å². The minimum absolute atomic E-state index is 0.494. The van der Waals surface area contributed by atoms with E-state index < -0.39 is 0 Å². The smallest absolute Gasteiger partial charge is 0.196 e. The molecule has 108 valence electrons. The van der Waals surface area contributed by atoms with E-state index in [4.69, 9.17) is 4.42 Å². The van der Waals surface area contributed by atoms with Crippen molar-refractivity contribution in [2.45, 2.75) is 56.2 Å². The third-order valence-electron chi connectivity index (χ3n) is 4.37. The fourth-order valence-electron chi connectivity index (χ4n) is 3.19. The molecule has 2 aromatic rings. The van der Waals surface area contributed by atoms with Crippen molar-refractivity contribution in [3.05, 3.63) is 30.2 Å². The van der Waals surface area contributed by atoms with Gasteiger partial charge >= 0.3 is 0 Å². The normalized spacial score (nSPS) is 19.6. The molecule has 1 aromatic carbocycles. The SMILES string of the molecule is BrC(Cc1nc2ccccc2o1)C1CCCCCCC1. The van der Waals surface area contributed by atoms with Gasteiger partial charge in [-0.2, -0.15) is 0 Å². The van der Waals surface area contributed by atoms with Crippen LogP contribution in [0.3, 0.4) is 0 Å². The second-order valence-corrected chi connectivity index (χ2v) is 7.08. The molecule has 0 spiro atoms. The van der Waals surface area contributed by atoms with Gasteiger partial charge in [0.2, 0.25) is 0 Å². The molecule has 0 saturated heterocycles. The average Bonchev–Trinajstić information content (AvgIpc) is 2.80. The highest BCUT2D eigenvalue weighted by Gasteiger charge is 2.22. The highest BCUT2D eigenvalue weighted by Crippen LogP contribution is 2.30. The maximum absolute atomic E-state index is 5.84. The maximum Gasteiger partial charge on any atom is 0.196 e. The zero-order valence-corrected chi connectivity index (χ0v) is 13.4. The number of fused-ring (bicyclic) bond motifs is 1. The number of para-hydroxylation sites is 2. The molecule has 1 fully saturated rings. The summed E-state index contributed by atoms with van der Waals surface area (Å²) in [6.07, 6.45) is 10.6. The summed E-state index contributed by atoms with van der Waals surface area (Å²) in [7, 11) is 0. The Labute approximate surface area is 129 Å². The number of rotatable bonds is 3. The molecule has 3 rings (SSSR count). The van der Waals surface area contributed by atoms with E-state index in [0.717, 1.165) is 29.3 Å². The first kappa shape index (κ1) is 14.1. The summed E-state index contributed by atoms with van der Waals surface area (Å²) in [6, 6.07) is 8.01. The van der Waals surface area contributed by atoms with Gasteiger partial charge in [-0.15, -0.1) is 0 Å². The number of nitrogens with zero attached hydrogens (tertiary/aromatic N) is 1.